The Labute approximate surface area is 62.7 Å². The Morgan fingerprint density at radius 3 is 3.33 bits per heavy atom. The molecule has 0 N–H and O–H groups in total. The zero-order chi connectivity index (χ0) is 6.27. The van der Waals surface area contributed by atoms with E-state index in [1.165, 1.54) is 22.3 Å². The molecular formula is C6H8NS2+. The minimum Gasteiger partial charge on any atom is -0.180 e. The van der Waals surface area contributed by atoms with Gasteiger partial charge in [-0.1, -0.05) is 11.3 Å². The standard InChI is InChI=1S/C6H8NS2/c1-5-4-9-6-7(5)2-3-8-6/h4H,2-3H2,1H3/q+1. The maximum atomic E-state index is 2.38. The summed E-state index contributed by atoms with van der Waals surface area (Å²) in [4.78, 5) is 0. The third-order valence-electron chi connectivity index (χ3n) is 1.52. The number of thiazole rings is 1. The fourth-order valence-corrected chi connectivity index (χ4v) is 3.28. The van der Waals surface area contributed by atoms with E-state index in [4.69, 9.17) is 0 Å². The van der Waals surface area contributed by atoms with Crippen molar-refractivity contribution in [2.45, 2.75) is 17.8 Å². The largest absolute Gasteiger partial charge is 0.297 e. The molecule has 0 saturated carbocycles. The SMILES string of the molecule is Cc1csc2[n+]1CCS2. The van der Waals surface area contributed by atoms with Crippen molar-refractivity contribution in [2.24, 2.45) is 0 Å². The fraction of sp³-hybridized carbons (Fsp3) is 0.500. The number of rotatable bonds is 0. The van der Waals surface area contributed by atoms with Crippen molar-refractivity contribution in [2.75, 3.05) is 5.75 Å². The van der Waals surface area contributed by atoms with Crippen molar-refractivity contribution in [3.63, 3.8) is 0 Å². The normalized spacial score (nSPS) is 16.1. The topological polar surface area (TPSA) is 3.88 Å². The van der Waals surface area contributed by atoms with Gasteiger partial charge in [0.2, 0.25) is 0 Å². The van der Waals surface area contributed by atoms with Gasteiger partial charge in [-0.3, -0.25) is 0 Å². The van der Waals surface area contributed by atoms with Crippen LogP contribution in [-0.4, -0.2) is 5.75 Å². The number of fused-ring (bicyclic) bond motifs is 1. The van der Waals surface area contributed by atoms with Gasteiger partial charge in [-0.25, -0.2) is 0 Å². The lowest BCUT2D eigenvalue weighted by Crippen LogP contribution is -2.32. The van der Waals surface area contributed by atoms with Crippen molar-refractivity contribution >= 4 is 23.1 Å². The van der Waals surface area contributed by atoms with E-state index in [1.807, 2.05) is 23.1 Å². The molecule has 1 aromatic heterocycles. The van der Waals surface area contributed by atoms with Crippen molar-refractivity contribution in [1.29, 1.82) is 0 Å². The molecule has 0 bridgehead atoms. The summed E-state index contributed by atoms with van der Waals surface area (Å²) in [5.41, 5.74) is 1.42. The lowest BCUT2D eigenvalue weighted by Gasteiger charge is -1.81. The highest BCUT2D eigenvalue weighted by molar-refractivity contribution is 8.01. The summed E-state index contributed by atoms with van der Waals surface area (Å²) >= 11 is 3.83. The first-order valence-corrected chi connectivity index (χ1v) is 4.85. The van der Waals surface area contributed by atoms with E-state index in [9.17, 15) is 0 Å². The fourth-order valence-electron chi connectivity index (χ4n) is 1.01. The number of thioether (sulfide) groups is 1. The molecule has 0 fully saturated rings. The molecule has 48 valence electrons. The van der Waals surface area contributed by atoms with Gasteiger partial charge >= 0.3 is 0 Å². The number of aryl methyl sites for hydroxylation is 1. The van der Waals surface area contributed by atoms with Crippen LogP contribution in [0.3, 0.4) is 0 Å². The van der Waals surface area contributed by atoms with Crippen molar-refractivity contribution in [3.8, 4) is 0 Å². The second-order valence-corrected chi connectivity index (χ2v) is 4.34. The van der Waals surface area contributed by atoms with Crippen LogP contribution in [0.1, 0.15) is 5.69 Å². The molecule has 1 nitrogen and oxygen atoms in total. The monoisotopic (exact) mass is 158 g/mol. The van der Waals surface area contributed by atoms with E-state index in [1.54, 1.807) is 0 Å². The van der Waals surface area contributed by atoms with E-state index < -0.39 is 0 Å². The molecule has 0 atom stereocenters. The molecule has 2 heterocycles. The van der Waals surface area contributed by atoms with Crippen LogP contribution in [0.4, 0.5) is 0 Å². The Hall–Kier alpha value is -0.0200. The second kappa shape index (κ2) is 1.99. The first-order chi connectivity index (χ1) is 4.38. The van der Waals surface area contributed by atoms with Gasteiger partial charge in [0.15, 0.2) is 12.2 Å². The zero-order valence-corrected chi connectivity index (χ0v) is 6.89. The number of aromatic nitrogens is 1. The van der Waals surface area contributed by atoms with E-state index in [-0.39, 0.29) is 0 Å². The Bertz CT molecular complexity index is 229. The van der Waals surface area contributed by atoms with E-state index in [0.717, 1.165) is 0 Å². The maximum Gasteiger partial charge on any atom is 0.297 e. The highest BCUT2D eigenvalue weighted by atomic mass is 32.2. The summed E-state index contributed by atoms with van der Waals surface area (Å²) in [5.74, 6) is 1.27. The van der Waals surface area contributed by atoms with Gasteiger partial charge in [-0.2, -0.15) is 4.57 Å². The van der Waals surface area contributed by atoms with Crippen LogP contribution in [0.2, 0.25) is 0 Å². The van der Waals surface area contributed by atoms with Gasteiger partial charge in [0.05, 0.1) is 11.1 Å². The van der Waals surface area contributed by atoms with Crippen LogP contribution < -0.4 is 4.57 Å². The summed E-state index contributed by atoms with van der Waals surface area (Å²) in [7, 11) is 0. The lowest BCUT2D eigenvalue weighted by molar-refractivity contribution is -0.722. The molecule has 0 spiro atoms. The van der Waals surface area contributed by atoms with Gasteiger partial charge in [0.25, 0.3) is 4.34 Å². The average molecular weight is 158 g/mol. The van der Waals surface area contributed by atoms with Crippen molar-refractivity contribution < 1.29 is 4.57 Å². The summed E-state index contributed by atoms with van der Waals surface area (Å²) in [5, 5.41) is 2.22. The molecule has 2 rings (SSSR count). The highest BCUT2D eigenvalue weighted by Crippen LogP contribution is 2.24. The Kier molecular flexibility index (Phi) is 1.27. The van der Waals surface area contributed by atoms with Crippen LogP contribution in [0.15, 0.2) is 9.72 Å². The maximum absolute atomic E-state index is 2.38. The molecule has 0 aromatic carbocycles. The summed E-state index contributed by atoms with van der Waals surface area (Å²) in [6.45, 7) is 3.39. The van der Waals surface area contributed by atoms with Crippen LogP contribution >= 0.6 is 23.1 Å². The molecule has 0 aliphatic carbocycles. The first-order valence-electron chi connectivity index (χ1n) is 2.98. The Morgan fingerprint density at radius 1 is 1.67 bits per heavy atom. The Balaban J connectivity index is 2.56. The number of hydrogen-bond donors (Lipinski definition) is 0. The molecule has 3 heteroatoms. The zero-order valence-electron chi connectivity index (χ0n) is 5.26. The predicted octanol–water partition coefficient (Wildman–Crippen LogP) is 1.45. The molecule has 0 amide bonds. The van der Waals surface area contributed by atoms with E-state index >= 15 is 0 Å². The van der Waals surface area contributed by atoms with Crippen molar-refractivity contribution in [3.05, 3.63) is 11.1 Å². The van der Waals surface area contributed by atoms with Crippen LogP contribution in [0.5, 0.6) is 0 Å². The average Bonchev–Trinajstić information content (AvgIpc) is 2.35. The van der Waals surface area contributed by atoms with E-state index in [0.29, 0.717) is 0 Å². The summed E-state index contributed by atoms with van der Waals surface area (Å²) < 4.78 is 3.86. The van der Waals surface area contributed by atoms with Crippen LogP contribution in [0.25, 0.3) is 0 Å². The quantitative estimate of drug-likeness (QED) is 0.517. The number of hydrogen-bond acceptors (Lipinski definition) is 2. The lowest BCUT2D eigenvalue weighted by atomic mass is 10.5. The van der Waals surface area contributed by atoms with Crippen LogP contribution in [0, 0.1) is 6.92 Å². The third kappa shape index (κ3) is 0.792. The minimum absolute atomic E-state index is 1.22. The van der Waals surface area contributed by atoms with E-state index in [2.05, 4.69) is 16.9 Å². The Morgan fingerprint density at radius 2 is 2.56 bits per heavy atom. The number of nitrogens with zero attached hydrogens (tertiary/aromatic N) is 1. The first kappa shape index (κ1) is 5.74. The molecule has 0 unspecified atom stereocenters. The van der Waals surface area contributed by atoms with Crippen molar-refractivity contribution in [1.82, 2.24) is 0 Å². The molecule has 1 aliphatic heterocycles. The summed E-state index contributed by atoms with van der Waals surface area (Å²) in [6, 6.07) is 0. The second-order valence-electron chi connectivity index (χ2n) is 2.14. The van der Waals surface area contributed by atoms with Gasteiger partial charge in [0.1, 0.15) is 0 Å². The molecule has 1 aliphatic rings. The smallest absolute Gasteiger partial charge is 0.180 e. The third-order valence-corrected chi connectivity index (χ3v) is 3.89. The molecular weight excluding hydrogens is 150 g/mol. The predicted molar refractivity (Wildman–Crippen MR) is 40.0 cm³/mol. The van der Waals surface area contributed by atoms with Gasteiger partial charge in [-0.15, -0.1) is 0 Å². The van der Waals surface area contributed by atoms with Gasteiger partial charge in [-0.05, 0) is 11.8 Å². The highest BCUT2D eigenvalue weighted by Gasteiger charge is 2.23. The molecule has 1 aromatic rings. The minimum atomic E-state index is 1.22. The molecule has 9 heavy (non-hydrogen) atoms. The van der Waals surface area contributed by atoms with Gasteiger partial charge in [0, 0.05) is 6.92 Å². The molecule has 0 saturated heterocycles. The molecule has 0 radical (unpaired) electrons. The van der Waals surface area contributed by atoms with Gasteiger partial charge < -0.3 is 0 Å². The van der Waals surface area contributed by atoms with Crippen LogP contribution in [-0.2, 0) is 6.54 Å². The summed E-state index contributed by atoms with van der Waals surface area (Å²) in [6.07, 6.45) is 0.